The summed E-state index contributed by atoms with van der Waals surface area (Å²) in [6, 6.07) is 11.1. The van der Waals surface area contributed by atoms with E-state index >= 15 is 0 Å². The minimum absolute atomic E-state index is 0. The topological polar surface area (TPSA) is 86.7 Å². The number of rotatable bonds is 8. The second kappa shape index (κ2) is 10.7. The van der Waals surface area contributed by atoms with Crippen molar-refractivity contribution in [1.82, 2.24) is 0 Å². The average Bonchev–Trinajstić information content (AvgIpc) is 2.54. The maximum Gasteiger partial charge on any atom is 1.00 e. The second-order valence-corrected chi connectivity index (χ2v) is 7.03. The molecule has 0 unspecified atom stereocenters. The molecule has 0 spiro atoms. The van der Waals surface area contributed by atoms with Gasteiger partial charge in [0.1, 0.15) is 11.5 Å². The van der Waals surface area contributed by atoms with Gasteiger partial charge in [-0.2, -0.15) is 8.42 Å². The van der Waals surface area contributed by atoms with Crippen molar-refractivity contribution in [3.63, 3.8) is 0 Å². The summed E-state index contributed by atoms with van der Waals surface area (Å²) in [6.07, 6.45) is 4.45. The molecule has 0 atom stereocenters. The number of hydrogen-bond acceptors (Lipinski definition) is 4. The van der Waals surface area contributed by atoms with Gasteiger partial charge < -0.3 is 9.84 Å². The van der Waals surface area contributed by atoms with Gasteiger partial charge in [-0.05, 0) is 42.7 Å². The summed E-state index contributed by atoms with van der Waals surface area (Å²) in [5.41, 5.74) is 0.495. The van der Waals surface area contributed by atoms with Crippen molar-refractivity contribution >= 4 is 10.1 Å². The maximum atomic E-state index is 12.3. The standard InChI is InChI=1S/C18H22O5S.K/c1-2-3-4-6-9-14-12-16(24(20,21)22)13-17(19)18(14)23-15-10-7-5-8-11-15;/h5,7-8,10-13,19H,2-4,6,9H2,1H3,(H,20,21,22);/q;+1/p-1. The zero-order valence-electron chi connectivity index (χ0n) is 14.6. The molecule has 0 aromatic heterocycles. The van der Waals surface area contributed by atoms with E-state index in [1.807, 2.05) is 6.07 Å². The Morgan fingerprint density at radius 2 is 1.76 bits per heavy atom. The number of para-hydroxylation sites is 1. The van der Waals surface area contributed by atoms with E-state index in [1.165, 1.54) is 6.07 Å². The maximum absolute atomic E-state index is 12.3. The van der Waals surface area contributed by atoms with Gasteiger partial charge in [-0.3, -0.25) is 4.55 Å². The minimum Gasteiger partial charge on any atom is -0.870 e. The van der Waals surface area contributed by atoms with Crippen LogP contribution in [0.25, 0.3) is 0 Å². The summed E-state index contributed by atoms with van der Waals surface area (Å²) in [5, 5.41) is 12.3. The first-order valence-electron chi connectivity index (χ1n) is 7.96. The molecule has 0 bridgehead atoms. The number of aryl methyl sites for hydroxylation is 1. The van der Waals surface area contributed by atoms with Crippen molar-refractivity contribution in [2.75, 3.05) is 0 Å². The molecule has 2 rings (SSSR count). The van der Waals surface area contributed by atoms with Gasteiger partial charge in [0.2, 0.25) is 0 Å². The summed E-state index contributed by atoms with van der Waals surface area (Å²) in [4.78, 5) is -0.390. The van der Waals surface area contributed by atoms with Gasteiger partial charge in [-0.15, -0.1) is 0 Å². The van der Waals surface area contributed by atoms with Gasteiger partial charge >= 0.3 is 51.4 Å². The van der Waals surface area contributed by atoms with Crippen LogP contribution >= 0.6 is 0 Å². The fraction of sp³-hybridized carbons (Fsp3) is 0.333. The van der Waals surface area contributed by atoms with E-state index in [1.54, 1.807) is 24.3 Å². The molecular formula is C18H21KO5S. The van der Waals surface area contributed by atoms with Crippen molar-refractivity contribution in [3.05, 3.63) is 48.0 Å². The molecule has 130 valence electrons. The Balaban J connectivity index is 0.00000312. The zero-order chi connectivity index (χ0) is 17.6. The summed E-state index contributed by atoms with van der Waals surface area (Å²) in [7, 11) is -4.43. The fourth-order valence-electron chi connectivity index (χ4n) is 2.43. The molecule has 7 heteroatoms. The average molecular weight is 389 g/mol. The van der Waals surface area contributed by atoms with Crippen LogP contribution in [0.4, 0.5) is 0 Å². The Bertz CT molecular complexity index is 776. The Morgan fingerprint density at radius 1 is 1.08 bits per heavy atom. The van der Waals surface area contributed by atoms with Crippen molar-refractivity contribution in [2.24, 2.45) is 0 Å². The molecule has 0 aliphatic rings. The first kappa shape index (κ1) is 22.6. The van der Waals surface area contributed by atoms with E-state index in [0.717, 1.165) is 31.7 Å². The van der Waals surface area contributed by atoms with Gasteiger partial charge in [-0.25, -0.2) is 0 Å². The third-order valence-corrected chi connectivity index (χ3v) is 4.50. The van der Waals surface area contributed by atoms with E-state index in [9.17, 15) is 18.1 Å². The van der Waals surface area contributed by atoms with Gasteiger partial charge in [0.15, 0.2) is 0 Å². The predicted octanol–water partition coefficient (Wildman–Crippen LogP) is 0.926. The first-order valence-corrected chi connectivity index (χ1v) is 9.40. The number of benzene rings is 2. The normalized spacial score (nSPS) is 11.0. The van der Waals surface area contributed by atoms with Crippen LogP contribution in [0.1, 0.15) is 38.2 Å². The van der Waals surface area contributed by atoms with Gasteiger partial charge in [0.05, 0.1) is 4.90 Å². The van der Waals surface area contributed by atoms with E-state index in [0.29, 0.717) is 17.7 Å². The number of hydrogen-bond donors (Lipinski definition) is 1. The largest absolute Gasteiger partial charge is 1.00 e. The van der Waals surface area contributed by atoms with Crippen molar-refractivity contribution in [1.29, 1.82) is 0 Å². The van der Waals surface area contributed by atoms with Gasteiger partial charge in [0, 0.05) is 0 Å². The summed E-state index contributed by atoms with van der Waals surface area (Å²) in [5.74, 6) is 0.0635. The molecule has 0 aliphatic carbocycles. The smallest absolute Gasteiger partial charge is 0.870 e. The number of ether oxygens (including phenoxy) is 1. The van der Waals surface area contributed by atoms with Gasteiger partial charge in [0.25, 0.3) is 10.1 Å². The van der Waals surface area contributed by atoms with Crippen molar-refractivity contribution < 1.29 is 74.2 Å². The quantitative estimate of drug-likeness (QED) is 0.413. The number of unbranched alkanes of at least 4 members (excludes halogenated alkanes) is 3. The molecule has 0 aliphatic heterocycles. The third-order valence-electron chi connectivity index (χ3n) is 3.67. The predicted molar refractivity (Wildman–Crippen MR) is 90.1 cm³/mol. The molecule has 2 aromatic rings. The summed E-state index contributed by atoms with van der Waals surface area (Å²) >= 11 is 0. The molecule has 0 amide bonds. The van der Waals surface area contributed by atoms with E-state index < -0.39 is 20.8 Å². The Hall–Kier alpha value is -0.414. The summed E-state index contributed by atoms with van der Waals surface area (Å²) < 4.78 is 37.6. The molecule has 0 saturated carbocycles. The molecule has 0 saturated heterocycles. The minimum atomic E-state index is -4.43. The Labute approximate surface area is 191 Å². The van der Waals surface area contributed by atoms with Crippen LogP contribution in [0.15, 0.2) is 47.4 Å². The molecule has 1 N–H and O–H groups in total. The molecule has 25 heavy (non-hydrogen) atoms. The van der Waals surface area contributed by atoms with Crippen LogP contribution < -0.4 is 61.2 Å². The first-order chi connectivity index (χ1) is 11.4. The van der Waals surface area contributed by atoms with Crippen LogP contribution in [-0.4, -0.2) is 13.0 Å². The molecule has 5 nitrogen and oxygen atoms in total. The van der Waals surface area contributed by atoms with E-state index in [4.69, 9.17) is 4.74 Å². The van der Waals surface area contributed by atoms with Crippen LogP contribution in [0.5, 0.6) is 17.2 Å². The molecule has 0 fully saturated rings. The molecule has 0 radical (unpaired) electrons. The van der Waals surface area contributed by atoms with Crippen LogP contribution in [-0.2, 0) is 16.5 Å². The van der Waals surface area contributed by atoms with E-state index in [-0.39, 0.29) is 57.1 Å². The molecule has 2 aromatic carbocycles. The Kier molecular flexibility index (Phi) is 9.65. The monoisotopic (exact) mass is 388 g/mol. The third kappa shape index (κ3) is 7.01. The Morgan fingerprint density at radius 3 is 2.36 bits per heavy atom. The van der Waals surface area contributed by atoms with Crippen LogP contribution in [0, 0.1) is 0 Å². The van der Waals surface area contributed by atoms with Crippen LogP contribution in [0.3, 0.4) is 0 Å². The van der Waals surface area contributed by atoms with Crippen LogP contribution in [0.2, 0.25) is 0 Å². The van der Waals surface area contributed by atoms with Gasteiger partial charge in [-0.1, -0.05) is 50.1 Å². The molecule has 0 heterocycles. The van der Waals surface area contributed by atoms with Crippen molar-refractivity contribution in [3.8, 4) is 17.2 Å². The van der Waals surface area contributed by atoms with Crippen molar-refractivity contribution in [2.45, 2.75) is 43.9 Å². The fourth-order valence-corrected chi connectivity index (χ4v) is 2.98. The van der Waals surface area contributed by atoms with E-state index in [2.05, 4.69) is 6.92 Å². The summed E-state index contributed by atoms with van der Waals surface area (Å²) in [6.45, 7) is 2.10. The SMILES string of the molecule is CCCCCCc1cc(S(=O)(=O)O)cc([O-])c1Oc1ccccc1.[K+]. The zero-order valence-corrected chi connectivity index (χ0v) is 18.5. The second-order valence-electron chi connectivity index (χ2n) is 5.61. The molecular weight excluding hydrogens is 367 g/mol.